The summed E-state index contributed by atoms with van der Waals surface area (Å²) in [5, 5.41) is 16.8. The van der Waals surface area contributed by atoms with Crippen molar-refractivity contribution in [3.05, 3.63) is 69.2 Å². The van der Waals surface area contributed by atoms with Crippen LogP contribution < -0.4 is 4.74 Å². The lowest BCUT2D eigenvalue weighted by molar-refractivity contribution is -0.114. The van der Waals surface area contributed by atoms with Crippen molar-refractivity contribution in [3.63, 3.8) is 0 Å². The minimum atomic E-state index is -0.438. The van der Waals surface area contributed by atoms with E-state index in [1.54, 1.807) is 30.3 Å². The second-order valence-corrected chi connectivity index (χ2v) is 9.59. The van der Waals surface area contributed by atoms with Gasteiger partial charge in [-0.1, -0.05) is 55.2 Å². The number of fused-ring (bicyclic) bond motifs is 1. The number of halogens is 2. The molecule has 1 amide bonds. The van der Waals surface area contributed by atoms with Crippen LogP contribution in [0.4, 0.5) is 0 Å². The third kappa shape index (κ3) is 5.06. The molecule has 0 aliphatic carbocycles. The molecule has 0 spiro atoms. The molecule has 1 N–H and O–H groups in total. The first-order valence-electron chi connectivity index (χ1n) is 9.96. The molecule has 0 aromatic heterocycles. The van der Waals surface area contributed by atoms with E-state index in [0.29, 0.717) is 33.5 Å². The Kier molecular flexibility index (Phi) is 6.69. The van der Waals surface area contributed by atoms with Crippen molar-refractivity contribution in [1.29, 1.82) is 5.41 Å². The number of benzene rings is 2. The number of hydrazone groups is 1. The highest BCUT2D eigenvalue weighted by Gasteiger charge is 2.35. The first-order valence-corrected chi connectivity index (χ1v) is 11.5. The first-order chi connectivity index (χ1) is 15.3. The van der Waals surface area contributed by atoms with Gasteiger partial charge in [-0.25, -0.2) is 0 Å². The maximum Gasteiger partial charge on any atom is 0.283 e. The van der Waals surface area contributed by atoms with E-state index in [4.69, 9.17) is 33.3 Å². The number of amidine groups is 2. The lowest BCUT2D eigenvalue weighted by Crippen LogP contribution is -2.35. The van der Waals surface area contributed by atoms with Crippen molar-refractivity contribution in [3.8, 4) is 5.75 Å². The second-order valence-electron chi connectivity index (χ2n) is 7.71. The molecule has 4 rings (SSSR count). The standard InChI is InChI=1S/C23H20Cl2N4O2S/c1-13(2)9-20-28-29-21(26)18(22(30)27-23(29)32-20)10-14-3-7-17(8-4-14)31-12-15-5-6-16(24)11-19(15)25/h3-8,10-11,13,26H,9,12H2,1-2H3. The van der Waals surface area contributed by atoms with E-state index in [-0.39, 0.29) is 11.4 Å². The fourth-order valence-electron chi connectivity index (χ4n) is 3.09. The van der Waals surface area contributed by atoms with Crippen LogP contribution in [0.25, 0.3) is 6.08 Å². The van der Waals surface area contributed by atoms with Crippen molar-refractivity contribution in [2.75, 3.05) is 0 Å². The van der Waals surface area contributed by atoms with Gasteiger partial charge in [-0.3, -0.25) is 10.2 Å². The quantitative estimate of drug-likeness (QED) is 0.490. The van der Waals surface area contributed by atoms with Gasteiger partial charge in [0.15, 0.2) is 5.84 Å². The number of carbonyl (C=O) groups is 1. The Bertz CT molecular complexity index is 1170. The number of thioether (sulfide) groups is 1. The average molecular weight is 487 g/mol. The fraction of sp³-hybridized carbons (Fsp3) is 0.217. The SMILES string of the molecule is CC(C)CC1=NN2C(=N)C(=Cc3ccc(OCc4ccc(Cl)cc4Cl)cc3)C(=O)N=C2S1. The van der Waals surface area contributed by atoms with Crippen molar-refractivity contribution < 1.29 is 9.53 Å². The zero-order valence-corrected chi connectivity index (χ0v) is 19.8. The largest absolute Gasteiger partial charge is 0.489 e. The molecule has 164 valence electrons. The number of amides is 1. The van der Waals surface area contributed by atoms with E-state index in [2.05, 4.69) is 23.9 Å². The van der Waals surface area contributed by atoms with Crippen LogP contribution in [0.15, 0.2) is 58.1 Å². The van der Waals surface area contributed by atoms with Crippen LogP contribution in [0.3, 0.4) is 0 Å². The van der Waals surface area contributed by atoms with Gasteiger partial charge in [0.1, 0.15) is 17.4 Å². The van der Waals surface area contributed by atoms with E-state index in [0.717, 1.165) is 22.6 Å². The van der Waals surface area contributed by atoms with Gasteiger partial charge in [-0.05, 0) is 53.6 Å². The Morgan fingerprint density at radius 2 is 1.94 bits per heavy atom. The van der Waals surface area contributed by atoms with Crippen molar-refractivity contribution >= 4 is 63.0 Å². The lowest BCUT2D eigenvalue weighted by Gasteiger charge is -2.20. The molecule has 32 heavy (non-hydrogen) atoms. The molecule has 2 heterocycles. The summed E-state index contributed by atoms with van der Waals surface area (Å²) in [5.41, 5.74) is 1.79. The van der Waals surface area contributed by atoms with Gasteiger partial charge in [0.2, 0.25) is 5.17 Å². The van der Waals surface area contributed by atoms with Crippen LogP contribution in [-0.2, 0) is 11.4 Å². The summed E-state index contributed by atoms with van der Waals surface area (Å²) in [5.74, 6) is 0.679. The Morgan fingerprint density at radius 3 is 2.62 bits per heavy atom. The Balaban J connectivity index is 1.46. The number of ether oxygens (including phenoxy) is 1. The predicted octanol–water partition coefficient (Wildman–Crippen LogP) is 6.24. The Hall–Kier alpha value is -2.61. The normalized spacial score (nSPS) is 17.0. The van der Waals surface area contributed by atoms with Crippen LogP contribution in [-0.4, -0.2) is 27.0 Å². The summed E-state index contributed by atoms with van der Waals surface area (Å²) in [7, 11) is 0. The number of hydrogen-bond acceptors (Lipinski definition) is 5. The topological polar surface area (TPSA) is 78.1 Å². The average Bonchev–Trinajstić information content (AvgIpc) is 3.13. The van der Waals surface area contributed by atoms with Crippen LogP contribution >= 0.6 is 35.0 Å². The Morgan fingerprint density at radius 1 is 1.19 bits per heavy atom. The number of carbonyl (C=O) groups excluding carboxylic acids is 1. The number of rotatable bonds is 6. The molecular formula is C23H20Cl2N4O2S. The summed E-state index contributed by atoms with van der Waals surface area (Å²) in [6.07, 6.45) is 2.43. The maximum absolute atomic E-state index is 12.5. The third-order valence-electron chi connectivity index (χ3n) is 4.68. The predicted molar refractivity (Wildman–Crippen MR) is 132 cm³/mol. The molecule has 6 nitrogen and oxygen atoms in total. The third-order valence-corrected chi connectivity index (χ3v) is 6.20. The smallest absolute Gasteiger partial charge is 0.283 e. The summed E-state index contributed by atoms with van der Waals surface area (Å²) in [4.78, 5) is 16.6. The van der Waals surface area contributed by atoms with Gasteiger partial charge < -0.3 is 4.74 Å². The molecule has 0 fully saturated rings. The van der Waals surface area contributed by atoms with E-state index in [1.165, 1.54) is 16.8 Å². The zero-order valence-electron chi connectivity index (χ0n) is 17.4. The molecule has 2 aliphatic rings. The van der Waals surface area contributed by atoms with Gasteiger partial charge in [0, 0.05) is 22.0 Å². The highest BCUT2D eigenvalue weighted by Crippen LogP contribution is 2.30. The first kappa shape index (κ1) is 22.6. The van der Waals surface area contributed by atoms with Gasteiger partial charge >= 0.3 is 0 Å². The molecular weight excluding hydrogens is 467 g/mol. The van der Waals surface area contributed by atoms with E-state index < -0.39 is 5.91 Å². The lowest BCUT2D eigenvalue weighted by atomic mass is 10.1. The van der Waals surface area contributed by atoms with Gasteiger partial charge in [-0.15, -0.1) is 0 Å². The molecule has 0 atom stereocenters. The van der Waals surface area contributed by atoms with Crippen LogP contribution in [0.5, 0.6) is 5.75 Å². The van der Waals surface area contributed by atoms with E-state index >= 15 is 0 Å². The summed E-state index contributed by atoms with van der Waals surface area (Å²) in [6.45, 7) is 4.50. The van der Waals surface area contributed by atoms with Gasteiger partial charge in [0.05, 0.1) is 5.57 Å². The molecule has 0 saturated carbocycles. The summed E-state index contributed by atoms with van der Waals surface area (Å²) in [6, 6.07) is 12.5. The highest BCUT2D eigenvalue weighted by molar-refractivity contribution is 8.26. The van der Waals surface area contributed by atoms with E-state index in [9.17, 15) is 4.79 Å². The van der Waals surface area contributed by atoms with Crippen molar-refractivity contribution in [2.45, 2.75) is 26.9 Å². The number of nitrogens with one attached hydrogen (secondary N) is 1. The van der Waals surface area contributed by atoms with Crippen molar-refractivity contribution in [2.24, 2.45) is 16.0 Å². The summed E-state index contributed by atoms with van der Waals surface area (Å²) >= 11 is 13.4. The number of nitrogens with zero attached hydrogens (tertiary/aromatic N) is 3. The van der Waals surface area contributed by atoms with E-state index in [1.807, 2.05) is 18.2 Å². The fourth-order valence-corrected chi connectivity index (χ4v) is 4.65. The molecule has 0 bridgehead atoms. The minimum absolute atomic E-state index is 0.0314. The van der Waals surface area contributed by atoms with Gasteiger partial charge in [0.25, 0.3) is 5.91 Å². The van der Waals surface area contributed by atoms with Crippen molar-refractivity contribution in [1.82, 2.24) is 5.01 Å². The molecule has 2 aromatic carbocycles. The zero-order chi connectivity index (χ0) is 22.8. The second kappa shape index (κ2) is 9.48. The molecule has 9 heteroatoms. The molecule has 2 aromatic rings. The van der Waals surface area contributed by atoms with Crippen LogP contribution in [0.1, 0.15) is 31.4 Å². The number of aliphatic imine (C=N–C) groups is 1. The monoisotopic (exact) mass is 486 g/mol. The summed E-state index contributed by atoms with van der Waals surface area (Å²) < 4.78 is 5.79. The molecule has 2 aliphatic heterocycles. The molecule has 0 unspecified atom stereocenters. The van der Waals surface area contributed by atoms with Crippen LogP contribution in [0, 0.1) is 11.3 Å². The maximum atomic E-state index is 12.5. The number of hydrogen-bond donors (Lipinski definition) is 1. The Labute approximate surface area is 200 Å². The minimum Gasteiger partial charge on any atom is -0.489 e. The molecule has 0 saturated heterocycles. The van der Waals surface area contributed by atoms with Crippen LogP contribution in [0.2, 0.25) is 10.0 Å². The van der Waals surface area contributed by atoms with Gasteiger partial charge in [-0.2, -0.15) is 15.1 Å². The highest BCUT2D eigenvalue weighted by atomic mass is 35.5. The molecule has 0 radical (unpaired) electrons.